The molecule has 0 heterocycles. The van der Waals surface area contributed by atoms with Crippen LogP contribution in [0.25, 0.3) is 0 Å². The molecule has 0 fully saturated rings. The number of methoxy groups -OCH3 is 1. The Morgan fingerprint density at radius 2 is 1.94 bits per heavy atom. The first kappa shape index (κ1) is 14.7. The fourth-order valence-electron chi connectivity index (χ4n) is 2.18. The van der Waals surface area contributed by atoms with E-state index in [0.29, 0.717) is 18.1 Å². The normalized spacial score (nSPS) is 12.6. The molecule has 0 radical (unpaired) electrons. The summed E-state index contributed by atoms with van der Waals surface area (Å²) in [5.41, 5.74) is 2.43. The van der Waals surface area contributed by atoms with Gasteiger partial charge in [-0.25, -0.2) is 0 Å². The van der Waals surface area contributed by atoms with E-state index in [9.17, 15) is 4.79 Å². The highest BCUT2D eigenvalue weighted by Crippen LogP contribution is 2.28. The van der Waals surface area contributed by atoms with E-state index >= 15 is 0 Å². The van der Waals surface area contributed by atoms with Crippen molar-refractivity contribution < 1.29 is 9.53 Å². The van der Waals surface area contributed by atoms with Crippen LogP contribution in [0.4, 0.5) is 0 Å². The molecule has 1 aromatic rings. The van der Waals surface area contributed by atoms with Crippen molar-refractivity contribution >= 4 is 5.78 Å². The molecule has 0 aliphatic heterocycles. The molecule has 0 aliphatic carbocycles. The van der Waals surface area contributed by atoms with Crippen molar-refractivity contribution in [1.29, 1.82) is 0 Å². The van der Waals surface area contributed by atoms with Gasteiger partial charge in [0.15, 0.2) is 0 Å². The van der Waals surface area contributed by atoms with Crippen LogP contribution in [0.2, 0.25) is 0 Å². The average molecular weight is 248 g/mol. The van der Waals surface area contributed by atoms with E-state index in [4.69, 9.17) is 4.74 Å². The number of carbonyl (C=O) groups is 1. The largest absolute Gasteiger partial charge is 0.496 e. The van der Waals surface area contributed by atoms with Crippen molar-refractivity contribution in [3.05, 3.63) is 29.3 Å². The van der Waals surface area contributed by atoms with Crippen LogP contribution in [-0.2, 0) is 11.2 Å². The Balaban J connectivity index is 2.91. The minimum Gasteiger partial charge on any atom is -0.496 e. The Morgan fingerprint density at radius 1 is 1.28 bits per heavy atom. The van der Waals surface area contributed by atoms with Gasteiger partial charge in [0.2, 0.25) is 0 Å². The number of benzene rings is 1. The lowest BCUT2D eigenvalue weighted by molar-refractivity contribution is -0.122. The van der Waals surface area contributed by atoms with E-state index < -0.39 is 0 Å². The first-order valence-electron chi connectivity index (χ1n) is 6.69. The van der Waals surface area contributed by atoms with E-state index in [1.807, 2.05) is 19.9 Å². The molecule has 1 aromatic carbocycles. The van der Waals surface area contributed by atoms with E-state index in [1.54, 1.807) is 7.11 Å². The Kier molecular flexibility index (Phi) is 5.39. The lowest BCUT2D eigenvalue weighted by Gasteiger charge is -2.15. The van der Waals surface area contributed by atoms with E-state index in [1.165, 1.54) is 11.1 Å². The van der Waals surface area contributed by atoms with Gasteiger partial charge in [0.25, 0.3) is 0 Å². The van der Waals surface area contributed by atoms with Crippen molar-refractivity contribution in [2.24, 2.45) is 5.92 Å². The van der Waals surface area contributed by atoms with Crippen molar-refractivity contribution in [2.75, 3.05) is 7.11 Å². The molecule has 18 heavy (non-hydrogen) atoms. The Morgan fingerprint density at radius 3 is 2.44 bits per heavy atom. The number of carbonyl (C=O) groups excluding carboxylic acids is 1. The Labute approximate surface area is 110 Å². The van der Waals surface area contributed by atoms with Gasteiger partial charge in [-0.05, 0) is 29.5 Å². The number of hydrogen-bond acceptors (Lipinski definition) is 2. The molecule has 1 unspecified atom stereocenters. The van der Waals surface area contributed by atoms with Gasteiger partial charge in [0, 0.05) is 12.3 Å². The fourth-order valence-corrected chi connectivity index (χ4v) is 2.18. The maximum Gasteiger partial charge on any atom is 0.135 e. The number of ether oxygens (including phenoxy) is 1. The number of Topliss-reactive ketones (excluding diaryl/α,β-unsaturated/α-hetero) is 1. The SMILES string of the molecule is CCC(=O)C(C)Cc1ccc(OC)c(C(C)C)c1. The smallest absolute Gasteiger partial charge is 0.135 e. The van der Waals surface area contributed by atoms with Gasteiger partial charge in [0.05, 0.1) is 7.11 Å². The van der Waals surface area contributed by atoms with Crippen molar-refractivity contribution in [2.45, 2.75) is 46.5 Å². The van der Waals surface area contributed by atoms with Gasteiger partial charge in [-0.3, -0.25) is 4.79 Å². The fraction of sp³-hybridized carbons (Fsp3) is 0.562. The predicted octanol–water partition coefficient (Wildman–Crippen LogP) is 3.98. The summed E-state index contributed by atoms with van der Waals surface area (Å²) in [7, 11) is 1.70. The predicted molar refractivity (Wildman–Crippen MR) is 75.2 cm³/mol. The highest BCUT2D eigenvalue weighted by atomic mass is 16.5. The molecule has 2 heteroatoms. The molecule has 0 aliphatic rings. The van der Waals surface area contributed by atoms with Crippen LogP contribution >= 0.6 is 0 Å². The molecule has 2 nitrogen and oxygen atoms in total. The highest BCUT2D eigenvalue weighted by molar-refractivity contribution is 5.80. The summed E-state index contributed by atoms with van der Waals surface area (Å²) in [6.45, 7) is 8.24. The molecule has 0 aromatic heterocycles. The number of rotatable bonds is 6. The van der Waals surface area contributed by atoms with Crippen molar-refractivity contribution in [1.82, 2.24) is 0 Å². The molecule has 0 bridgehead atoms. The lowest BCUT2D eigenvalue weighted by Crippen LogP contribution is -2.12. The van der Waals surface area contributed by atoms with Gasteiger partial charge in [-0.15, -0.1) is 0 Å². The summed E-state index contributed by atoms with van der Waals surface area (Å²) < 4.78 is 5.37. The molecule has 0 saturated carbocycles. The molecule has 1 atom stereocenters. The summed E-state index contributed by atoms with van der Waals surface area (Å²) in [4.78, 5) is 11.6. The Bertz CT molecular complexity index is 408. The van der Waals surface area contributed by atoms with Crippen LogP contribution < -0.4 is 4.74 Å². The van der Waals surface area contributed by atoms with Crippen LogP contribution in [0.5, 0.6) is 5.75 Å². The van der Waals surface area contributed by atoms with E-state index in [0.717, 1.165) is 12.2 Å². The van der Waals surface area contributed by atoms with Gasteiger partial charge in [0.1, 0.15) is 11.5 Å². The first-order valence-corrected chi connectivity index (χ1v) is 6.69. The standard InChI is InChI=1S/C16H24O2/c1-6-15(17)12(4)9-13-7-8-16(18-5)14(10-13)11(2)3/h7-8,10-12H,6,9H2,1-5H3. The summed E-state index contributed by atoms with van der Waals surface area (Å²) in [6, 6.07) is 6.24. The van der Waals surface area contributed by atoms with Crippen LogP contribution in [-0.4, -0.2) is 12.9 Å². The zero-order chi connectivity index (χ0) is 13.7. The molecular formula is C16H24O2. The first-order chi connectivity index (χ1) is 8.49. The number of hydrogen-bond donors (Lipinski definition) is 0. The maximum absolute atomic E-state index is 11.6. The quantitative estimate of drug-likeness (QED) is 0.761. The van der Waals surface area contributed by atoms with Crippen molar-refractivity contribution in [3.8, 4) is 5.75 Å². The van der Waals surface area contributed by atoms with Gasteiger partial charge in [-0.2, -0.15) is 0 Å². The topological polar surface area (TPSA) is 26.3 Å². The second-order valence-electron chi connectivity index (χ2n) is 5.16. The minimum absolute atomic E-state index is 0.100. The monoisotopic (exact) mass is 248 g/mol. The third-order valence-corrected chi connectivity index (χ3v) is 3.36. The Hall–Kier alpha value is -1.31. The molecule has 0 amide bonds. The summed E-state index contributed by atoms with van der Waals surface area (Å²) in [6.07, 6.45) is 1.44. The van der Waals surface area contributed by atoms with Gasteiger partial charge >= 0.3 is 0 Å². The summed E-state index contributed by atoms with van der Waals surface area (Å²) in [5.74, 6) is 1.79. The van der Waals surface area contributed by atoms with Crippen LogP contribution in [0, 0.1) is 5.92 Å². The van der Waals surface area contributed by atoms with Gasteiger partial charge < -0.3 is 4.74 Å². The molecular weight excluding hydrogens is 224 g/mol. The van der Waals surface area contributed by atoms with Crippen LogP contribution in [0.15, 0.2) is 18.2 Å². The van der Waals surface area contributed by atoms with E-state index in [2.05, 4.69) is 26.0 Å². The average Bonchev–Trinajstić information content (AvgIpc) is 2.37. The van der Waals surface area contributed by atoms with Crippen LogP contribution in [0.1, 0.15) is 51.2 Å². The second-order valence-corrected chi connectivity index (χ2v) is 5.16. The molecule has 1 rings (SSSR count). The van der Waals surface area contributed by atoms with Crippen molar-refractivity contribution in [3.63, 3.8) is 0 Å². The van der Waals surface area contributed by atoms with Crippen LogP contribution in [0.3, 0.4) is 0 Å². The zero-order valence-electron chi connectivity index (χ0n) is 12.1. The highest BCUT2D eigenvalue weighted by Gasteiger charge is 2.14. The third-order valence-electron chi connectivity index (χ3n) is 3.36. The summed E-state index contributed by atoms with van der Waals surface area (Å²) >= 11 is 0. The second kappa shape index (κ2) is 6.58. The third kappa shape index (κ3) is 3.59. The van der Waals surface area contributed by atoms with E-state index in [-0.39, 0.29) is 5.92 Å². The summed E-state index contributed by atoms with van der Waals surface area (Å²) in [5, 5.41) is 0. The zero-order valence-corrected chi connectivity index (χ0v) is 12.1. The maximum atomic E-state index is 11.6. The van der Waals surface area contributed by atoms with Gasteiger partial charge in [-0.1, -0.05) is 39.8 Å². The molecule has 100 valence electrons. The lowest BCUT2D eigenvalue weighted by atomic mass is 9.92. The molecule has 0 N–H and O–H groups in total. The molecule has 0 spiro atoms. The minimum atomic E-state index is 0.100. The number of ketones is 1. The molecule has 0 saturated heterocycles.